The van der Waals surface area contributed by atoms with Crippen LogP contribution < -0.4 is 10.5 Å². The van der Waals surface area contributed by atoms with Crippen LogP contribution in [0.3, 0.4) is 0 Å². The average Bonchev–Trinajstić information content (AvgIpc) is 2.88. The topological polar surface area (TPSA) is 122 Å². The highest BCUT2D eigenvalue weighted by Crippen LogP contribution is 2.45. The first-order chi connectivity index (χ1) is 18.0. The van der Waals surface area contributed by atoms with Gasteiger partial charge in [-0.2, -0.15) is 10.5 Å². The summed E-state index contributed by atoms with van der Waals surface area (Å²) < 4.78 is 11.5. The van der Waals surface area contributed by atoms with Crippen LogP contribution in [0.25, 0.3) is 0 Å². The molecule has 1 unspecified atom stereocenters. The van der Waals surface area contributed by atoms with Gasteiger partial charge < -0.3 is 15.2 Å². The second-order valence-corrected chi connectivity index (χ2v) is 10.4. The Bertz CT molecular complexity index is 1340. The molecule has 1 aromatic carbocycles. The number of hydrogen-bond acceptors (Lipinski definition) is 8. The Hall–Kier alpha value is -3.46. The van der Waals surface area contributed by atoms with Gasteiger partial charge in [0.2, 0.25) is 5.88 Å². The monoisotopic (exact) mass is 534 g/mol. The molecule has 0 fully saturated rings. The van der Waals surface area contributed by atoms with Gasteiger partial charge in [0, 0.05) is 15.6 Å². The largest absolute Gasteiger partial charge is 0.471 e. The van der Waals surface area contributed by atoms with Crippen molar-refractivity contribution in [3.63, 3.8) is 0 Å². The van der Waals surface area contributed by atoms with Gasteiger partial charge in [0.15, 0.2) is 0 Å². The first-order valence-corrected chi connectivity index (χ1v) is 13.4. The van der Waals surface area contributed by atoms with Gasteiger partial charge in [-0.1, -0.05) is 48.3 Å². The minimum absolute atomic E-state index is 0.0528. The standard InChI is InChI=1S/C28H27ClN4O3S/c1-2-35-28(34)25-23(37-26(32)21(15-31)24(25)17-9-11-20(29)12-10-17)16-36-27-19(14-30)13-18-7-5-3-4-6-8-22(18)33-27/h9-13,24H,2-8,16,32H2,1H3. The third-order valence-corrected chi connectivity index (χ3v) is 7.70. The molecule has 0 spiro atoms. The highest BCUT2D eigenvalue weighted by atomic mass is 35.5. The van der Waals surface area contributed by atoms with Crippen LogP contribution in [-0.4, -0.2) is 24.2 Å². The zero-order valence-corrected chi connectivity index (χ0v) is 22.1. The van der Waals surface area contributed by atoms with E-state index in [0.717, 1.165) is 55.1 Å². The molecular weight excluding hydrogens is 508 g/mol. The number of pyridine rings is 1. The molecule has 1 aromatic heterocycles. The predicted octanol–water partition coefficient (Wildman–Crippen LogP) is 5.69. The Morgan fingerprint density at radius 1 is 1.16 bits per heavy atom. The van der Waals surface area contributed by atoms with Gasteiger partial charge in [0.1, 0.15) is 18.2 Å². The molecule has 4 rings (SSSR count). The fraction of sp³-hybridized carbons (Fsp3) is 0.357. The predicted molar refractivity (Wildman–Crippen MR) is 143 cm³/mol. The van der Waals surface area contributed by atoms with Crippen LogP contribution in [0.4, 0.5) is 0 Å². The summed E-state index contributed by atoms with van der Waals surface area (Å²) in [6.07, 6.45) is 6.18. The van der Waals surface area contributed by atoms with Crippen LogP contribution in [0, 0.1) is 22.7 Å². The molecular formula is C28H27ClN4O3S. The number of hydrogen-bond donors (Lipinski definition) is 1. The fourth-order valence-electron chi connectivity index (χ4n) is 4.64. The molecule has 0 bridgehead atoms. The summed E-state index contributed by atoms with van der Waals surface area (Å²) in [4.78, 5) is 18.4. The Kier molecular flexibility index (Phi) is 8.76. The van der Waals surface area contributed by atoms with Gasteiger partial charge in [-0.3, -0.25) is 0 Å². The van der Waals surface area contributed by atoms with Crippen LogP contribution in [0.2, 0.25) is 5.02 Å². The van der Waals surface area contributed by atoms with Crippen LogP contribution in [0.1, 0.15) is 60.9 Å². The summed E-state index contributed by atoms with van der Waals surface area (Å²) in [5, 5.41) is 20.5. The van der Waals surface area contributed by atoms with Crippen LogP contribution in [-0.2, 0) is 22.4 Å². The number of benzene rings is 1. The molecule has 1 aliphatic carbocycles. The van der Waals surface area contributed by atoms with Gasteiger partial charge in [-0.15, -0.1) is 0 Å². The van der Waals surface area contributed by atoms with Crippen molar-refractivity contribution in [1.29, 1.82) is 10.5 Å². The molecule has 1 atom stereocenters. The number of carbonyl (C=O) groups excluding carboxylic acids is 1. The molecule has 2 heterocycles. The number of esters is 1. The van der Waals surface area contributed by atoms with E-state index in [2.05, 4.69) is 12.1 Å². The molecule has 190 valence electrons. The van der Waals surface area contributed by atoms with E-state index in [0.29, 0.717) is 21.1 Å². The minimum atomic E-state index is -0.736. The Balaban J connectivity index is 1.74. The number of aromatic nitrogens is 1. The van der Waals surface area contributed by atoms with Crippen molar-refractivity contribution in [2.75, 3.05) is 13.2 Å². The lowest BCUT2D eigenvalue weighted by Gasteiger charge is -2.28. The zero-order chi connectivity index (χ0) is 26.4. The molecule has 0 saturated carbocycles. The fourth-order valence-corrected chi connectivity index (χ4v) is 5.73. The second kappa shape index (κ2) is 12.2. The molecule has 0 amide bonds. The molecule has 0 saturated heterocycles. The smallest absolute Gasteiger partial charge is 0.335 e. The second-order valence-electron chi connectivity index (χ2n) is 8.80. The van der Waals surface area contributed by atoms with Crippen molar-refractivity contribution in [3.8, 4) is 18.0 Å². The van der Waals surface area contributed by atoms with Crippen LogP contribution in [0.15, 0.2) is 51.4 Å². The number of allylic oxidation sites excluding steroid dienone is 1. The van der Waals surface area contributed by atoms with Crippen molar-refractivity contribution in [1.82, 2.24) is 4.98 Å². The van der Waals surface area contributed by atoms with Crippen molar-refractivity contribution >= 4 is 29.3 Å². The highest BCUT2D eigenvalue weighted by Gasteiger charge is 2.36. The number of thioether (sulfide) groups is 1. The maximum absolute atomic E-state index is 13.2. The Labute approximate surface area is 225 Å². The van der Waals surface area contributed by atoms with Gasteiger partial charge in [0.05, 0.1) is 34.8 Å². The van der Waals surface area contributed by atoms with Crippen molar-refractivity contribution < 1.29 is 14.3 Å². The van der Waals surface area contributed by atoms with E-state index in [4.69, 9.17) is 31.8 Å². The normalized spacial score (nSPS) is 17.7. The zero-order valence-electron chi connectivity index (χ0n) is 20.6. The molecule has 9 heteroatoms. The average molecular weight is 535 g/mol. The van der Waals surface area contributed by atoms with E-state index in [9.17, 15) is 15.3 Å². The third kappa shape index (κ3) is 5.93. The number of halogens is 1. The summed E-state index contributed by atoms with van der Waals surface area (Å²) >= 11 is 7.18. The maximum Gasteiger partial charge on any atom is 0.335 e. The summed E-state index contributed by atoms with van der Waals surface area (Å²) in [5.74, 6) is -1.06. The van der Waals surface area contributed by atoms with Crippen molar-refractivity contribution in [2.24, 2.45) is 5.73 Å². The molecule has 2 N–H and O–H groups in total. The molecule has 0 radical (unpaired) electrons. The van der Waals surface area contributed by atoms with Crippen molar-refractivity contribution in [3.05, 3.63) is 78.8 Å². The number of fused-ring (bicyclic) bond motifs is 1. The van der Waals surface area contributed by atoms with Gasteiger partial charge in [-0.25, -0.2) is 9.78 Å². The van der Waals surface area contributed by atoms with E-state index in [1.165, 1.54) is 6.42 Å². The first kappa shape index (κ1) is 26.6. The Morgan fingerprint density at radius 2 is 1.89 bits per heavy atom. The van der Waals surface area contributed by atoms with E-state index >= 15 is 0 Å². The molecule has 37 heavy (non-hydrogen) atoms. The maximum atomic E-state index is 13.2. The highest BCUT2D eigenvalue weighted by molar-refractivity contribution is 8.06. The Morgan fingerprint density at radius 3 is 2.57 bits per heavy atom. The lowest BCUT2D eigenvalue weighted by Crippen LogP contribution is -2.25. The molecule has 2 aliphatic rings. The molecule has 2 aromatic rings. The summed E-state index contributed by atoms with van der Waals surface area (Å²) in [5.41, 5.74) is 9.93. The summed E-state index contributed by atoms with van der Waals surface area (Å²) in [6.45, 7) is 1.83. The number of nitrogens with two attached hydrogens (primary N) is 1. The number of nitrogens with zero attached hydrogens (tertiary/aromatic N) is 3. The van der Waals surface area contributed by atoms with Gasteiger partial charge >= 0.3 is 5.97 Å². The molecule has 7 nitrogen and oxygen atoms in total. The van der Waals surface area contributed by atoms with Crippen LogP contribution >= 0.6 is 23.4 Å². The molecule has 1 aliphatic heterocycles. The van der Waals surface area contributed by atoms with E-state index in [-0.39, 0.29) is 35.3 Å². The number of aryl methyl sites for hydroxylation is 2. The van der Waals surface area contributed by atoms with E-state index in [1.54, 1.807) is 31.2 Å². The van der Waals surface area contributed by atoms with E-state index in [1.807, 2.05) is 6.07 Å². The quantitative estimate of drug-likeness (QED) is 0.469. The van der Waals surface area contributed by atoms with Gasteiger partial charge in [0.25, 0.3) is 0 Å². The number of ether oxygens (including phenoxy) is 2. The number of nitriles is 2. The lowest BCUT2D eigenvalue weighted by molar-refractivity contribution is -0.138. The van der Waals surface area contributed by atoms with Gasteiger partial charge in [-0.05, 0) is 61.9 Å². The summed E-state index contributed by atoms with van der Waals surface area (Å²) in [6, 6.07) is 13.1. The van der Waals surface area contributed by atoms with Crippen LogP contribution in [0.5, 0.6) is 5.88 Å². The van der Waals surface area contributed by atoms with E-state index < -0.39 is 11.9 Å². The number of carbonyl (C=O) groups is 1. The number of rotatable bonds is 6. The lowest BCUT2D eigenvalue weighted by atomic mass is 9.84. The van der Waals surface area contributed by atoms with Crippen molar-refractivity contribution in [2.45, 2.75) is 51.4 Å². The first-order valence-electron chi connectivity index (χ1n) is 12.3. The third-order valence-electron chi connectivity index (χ3n) is 6.42. The SMILES string of the molecule is CCOC(=O)C1=C(COc2nc3c(cc2C#N)CCCCCC3)SC(N)=C(C#N)C1c1ccc(Cl)cc1. The minimum Gasteiger partial charge on any atom is -0.471 e. The summed E-state index contributed by atoms with van der Waals surface area (Å²) in [7, 11) is 0.